The fraction of sp³-hybridized carbons (Fsp3) is 0.0909. The van der Waals surface area contributed by atoms with Gasteiger partial charge in [0.05, 0.1) is 11.4 Å². The number of aromatic nitrogens is 3. The summed E-state index contributed by atoms with van der Waals surface area (Å²) >= 11 is 7.72. The van der Waals surface area contributed by atoms with E-state index in [4.69, 9.17) is 16.7 Å². The maximum absolute atomic E-state index is 13.9. The van der Waals surface area contributed by atoms with Gasteiger partial charge in [0.25, 0.3) is 0 Å². The Kier molecular flexibility index (Phi) is 5.83. The van der Waals surface area contributed by atoms with Crippen molar-refractivity contribution in [2.24, 2.45) is 0 Å². The minimum Gasteiger partial charge on any atom is -0.381 e. The van der Waals surface area contributed by atoms with E-state index in [9.17, 15) is 4.39 Å². The smallest absolute Gasteiger partial charge is 0.129 e. The van der Waals surface area contributed by atoms with Gasteiger partial charge in [-0.3, -0.25) is 4.98 Å². The summed E-state index contributed by atoms with van der Waals surface area (Å²) in [6.45, 7) is 0.313. The molecule has 146 valence electrons. The van der Waals surface area contributed by atoms with Crippen LogP contribution in [0.25, 0.3) is 16.9 Å². The molecule has 0 saturated heterocycles. The van der Waals surface area contributed by atoms with Crippen molar-refractivity contribution in [3.05, 3.63) is 89.5 Å². The SMILES string of the molecule is CSc1cc(-c2cccnc2)nn1-c1ccc(NCc2c(F)cccc2Cl)cc1. The molecule has 4 nitrogen and oxygen atoms in total. The number of nitrogens with one attached hydrogen (secondary N) is 1. The Hall–Kier alpha value is -2.83. The van der Waals surface area contributed by atoms with Crippen molar-refractivity contribution in [2.45, 2.75) is 11.6 Å². The number of halogens is 2. The largest absolute Gasteiger partial charge is 0.381 e. The molecule has 0 saturated carbocycles. The van der Waals surface area contributed by atoms with Crippen molar-refractivity contribution in [1.82, 2.24) is 14.8 Å². The number of benzene rings is 2. The Balaban J connectivity index is 1.54. The van der Waals surface area contributed by atoms with Crippen LogP contribution in [0.1, 0.15) is 5.56 Å². The molecule has 4 aromatic rings. The molecular weight excluding hydrogens is 407 g/mol. The van der Waals surface area contributed by atoms with E-state index >= 15 is 0 Å². The highest BCUT2D eigenvalue weighted by atomic mass is 35.5. The highest BCUT2D eigenvalue weighted by molar-refractivity contribution is 7.98. The third-order valence-electron chi connectivity index (χ3n) is 4.49. The number of thioether (sulfide) groups is 1. The lowest BCUT2D eigenvalue weighted by molar-refractivity contribution is 0.613. The van der Waals surface area contributed by atoms with Crippen LogP contribution in [0.2, 0.25) is 5.02 Å². The van der Waals surface area contributed by atoms with Gasteiger partial charge in [-0.1, -0.05) is 17.7 Å². The van der Waals surface area contributed by atoms with E-state index in [2.05, 4.69) is 10.3 Å². The summed E-state index contributed by atoms with van der Waals surface area (Å²) < 4.78 is 15.8. The predicted octanol–water partition coefficient (Wildman–Crippen LogP) is 6.06. The van der Waals surface area contributed by atoms with Crippen molar-refractivity contribution in [2.75, 3.05) is 11.6 Å². The van der Waals surface area contributed by atoms with Crippen molar-refractivity contribution in [3.8, 4) is 16.9 Å². The maximum Gasteiger partial charge on any atom is 0.129 e. The quantitative estimate of drug-likeness (QED) is 0.382. The van der Waals surface area contributed by atoms with E-state index < -0.39 is 0 Å². The zero-order valence-electron chi connectivity index (χ0n) is 15.6. The zero-order valence-corrected chi connectivity index (χ0v) is 17.2. The number of hydrogen-bond acceptors (Lipinski definition) is 4. The molecule has 2 aromatic carbocycles. The topological polar surface area (TPSA) is 42.7 Å². The summed E-state index contributed by atoms with van der Waals surface area (Å²) in [6, 6.07) is 18.5. The van der Waals surface area contributed by atoms with Gasteiger partial charge in [0.2, 0.25) is 0 Å². The molecule has 0 aliphatic heterocycles. The molecule has 29 heavy (non-hydrogen) atoms. The summed E-state index contributed by atoms with van der Waals surface area (Å²) in [5, 5.41) is 9.39. The fourth-order valence-corrected chi connectivity index (χ4v) is 3.74. The summed E-state index contributed by atoms with van der Waals surface area (Å²) in [6.07, 6.45) is 5.57. The van der Waals surface area contributed by atoms with Gasteiger partial charge in [0.15, 0.2) is 0 Å². The first-order valence-electron chi connectivity index (χ1n) is 8.97. The van der Waals surface area contributed by atoms with Crippen LogP contribution in [-0.2, 0) is 6.54 Å². The third-order valence-corrected chi connectivity index (χ3v) is 5.55. The second-order valence-corrected chi connectivity index (χ2v) is 7.56. The van der Waals surface area contributed by atoms with Gasteiger partial charge >= 0.3 is 0 Å². The highest BCUT2D eigenvalue weighted by Crippen LogP contribution is 2.27. The summed E-state index contributed by atoms with van der Waals surface area (Å²) in [7, 11) is 0. The van der Waals surface area contributed by atoms with Gasteiger partial charge in [-0.25, -0.2) is 9.07 Å². The predicted molar refractivity (Wildman–Crippen MR) is 117 cm³/mol. The normalized spacial score (nSPS) is 10.9. The fourth-order valence-electron chi connectivity index (χ4n) is 2.96. The average molecular weight is 425 g/mol. The van der Waals surface area contributed by atoms with Crippen LogP contribution >= 0.6 is 23.4 Å². The van der Waals surface area contributed by atoms with E-state index in [1.165, 1.54) is 6.07 Å². The lowest BCUT2D eigenvalue weighted by atomic mass is 10.2. The molecule has 2 heterocycles. The van der Waals surface area contributed by atoms with Gasteiger partial charge in [-0.15, -0.1) is 11.8 Å². The molecule has 1 N–H and O–H groups in total. The number of rotatable bonds is 6. The number of anilines is 1. The Morgan fingerprint density at radius 1 is 1.10 bits per heavy atom. The minimum atomic E-state index is -0.314. The van der Waals surface area contributed by atoms with E-state index in [-0.39, 0.29) is 5.82 Å². The molecule has 2 aromatic heterocycles. The van der Waals surface area contributed by atoms with Crippen molar-refractivity contribution in [1.29, 1.82) is 0 Å². The molecule has 4 rings (SSSR count). The molecule has 0 fully saturated rings. The van der Waals surface area contributed by atoms with E-state index in [1.54, 1.807) is 36.3 Å². The average Bonchev–Trinajstić information content (AvgIpc) is 3.19. The molecule has 7 heteroatoms. The maximum atomic E-state index is 13.9. The number of nitrogens with zero attached hydrogens (tertiary/aromatic N) is 3. The van der Waals surface area contributed by atoms with Crippen LogP contribution in [0.3, 0.4) is 0 Å². The van der Waals surface area contributed by atoms with E-state index in [1.807, 2.05) is 53.4 Å². The molecule has 0 bridgehead atoms. The van der Waals surface area contributed by atoms with Crippen LogP contribution in [0, 0.1) is 5.82 Å². The molecular formula is C22H18ClFN4S. The molecule has 0 spiro atoms. The van der Waals surface area contributed by atoms with Crippen molar-refractivity contribution >= 4 is 29.1 Å². The van der Waals surface area contributed by atoms with Crippen molar-refractivity contribution in [3.63, 3.8) is 0 Å². The molecule has 0 radical (unpaired) electrons. The van der Waals surface area contributed by atoms with Gasteiger partial charge in [0.1, 0.15) is 10.8 Å². The Morgan fingerprint density at radius 3 is 2.62 bits per heavy atom. The molecule has 0 atom stereocenters. The zero-order chi connectivity index (χ0) is 20.2. The van der Waals surface area contributed by atoms with Crippen LogP contribution in [0.5, 0.6) is 0 Å². The molecule has 0 aliphatic carbocycles. The third kappa shape index (κ3) is 4.28. The Bertz CT molecular complexity index is 1090. The second kappa shape index (κ2) is 8.68. The Morgan fingerprint density at radius 2 is 1.93 bits per heavy atom. The first-order chi connectivity index (χ1) is 14.2. The molecule has 0 unspecified atom stereocenters. The van der Waals surface area contributed by atoms with Gasteiger partial charge in [-0.05, 0) is 60.9 Å². The van der Waals surface area contributed by atoms with Crippen LogP contribution < -0.4 is 5.32 Å². The first-order valence-corrected chi connectivity index (χ1v) is 10.6. The monoisotopic (exact) mass is 424 g/mol. The van der Waals surface area contributed by atoms with Crippen LogP contribution in [0.4, 0.5) is 10.1 Å². The molecule has 0 amide bonds. The van der Waals surface area contributed by atoms with Gasteiger partial charge < -0.3 is 5.32 Å². The minimum absolute atomic E-state index is 0.313. The summed E-state index contributed by atoms with van der Waals surface area (Å²) in [4.78, 5) is 4.17. The molecule has 0 aliphatic rings. The van der Waals surface area contributed by atoms with Crippen molar-refractivity contribution < 1.29 is 4.39 Å². The van der Waals surface area contributed by atoms with Crippen LogP contribution in [0.15, 0.2) is 78.1 Å². The first kappa shape index (κ1) is 19.5. The highest BCUT2D eigenvalue weighted by Gasteiger charge is 2.11. The lowest BCUT2D eigenvalue weighted by Crippen LogP contribution is -2.03. The van der Waals surface area contributed by atoms with Gasteiger partial charge in [-0.2, -0.15) is 5.10 Å². The standard InChI is InChI=1S/C22H18ClFN4S/c1-29-22-12-21(15-4-3-11-25-13-15)27-28(22)17-9-7-16(8-10-17)26-14-18-19(23)5-2-6-20(18)24/h2-13,26H,14H2,1H3. The Labute approximate surface area is 177 Å². The van der Waals surface area contributed by atoms with E-state index in [0.717, 1.165) is 27.7 Å². The van der Waals surface area contributed by atoms with Gasteiger partial charge in [0, 0.05) is 40.8 Å². The second-order valence-electron chi connectivity index (χ2n) is 6.33. The summed E-state index contributed by atoms with van der Waals surface area (Å²) in [5.74, 6) is -0.314. The number of pyridine rings is 1. The summed E-state index contributed by atoms with van der Waals surface area (Å²) in [5.41, 5.74) is 4.12. The number of hydrogen-bond donors (Lipinski definition) is 1. The van der Waals surface area contributed by atoms with Crippen LogP contribution in [-0.4, -0.2) is 21.0 Å². The lowest BCUT2D eigenvalue weighted by Gasteiger charge is -2.10. The van der Waals surface area contributed by atoms with E-state index in [0.29, 0.717) is 17.1 Å².